The lowest BCUT2D eigenvalue weighted by Crippen LogP contribution is -2.46. The summed E-state index contributed by atoms with van der Waals surface area (Å²) < 4.78 is 0. The number of hydrogen-bond donors (Lipinski definition) is 1. The summed E-state index contributed by atoms with van der Waals surface area (Å²) >= 11 is 0. The molecule has 2 aliphatic rings. The summed E-state index contributed by atoms with van der Waals surface area (Å²) in [6.07, 6.45) is 4.13. The summed E-state index contributed by atoms with van der Waals surface area (Å²) in [7, 11) is 0. The fourth-order valence-corrected chi connectivity index (χ4v) is 5.91. The minimum Gasteiger partial charge on any atom is -0.481 e. The molecule has 0 bridgehead atoms. The van der Waals surface area contributed by atoms with Gasteiger partial charge in [-0.15, -0.1) is 0 Å². The van der Waals surface area contributed by atoms with E-state index < -0.39 is 5.97 Å². The molecule has 0 atom stereocenters. The van der Waals surface area contributed by atoms with Crippen molar-refractivity contribution in [2.45, 2.75) is 51.4 Å². The molecule has 30 heavy (non-hydrogen) atoms. The van der Waals surface area contributed by atoms with Crippen LogP contribution in [0.15, 0.2) is 66.7 Å². The molecule has 152 valence electrons. The van der Waals surface area contributed by atoms with Crippen molar-refractivity contribution in [3.8, 4) is 22.3 Å². The average molecular weight is 397 g/mol. The van der Waals surface area contributed by atoms with Crippen LogP contribution < -0.4 is 0 Å². The van der Waals surface area contributed by atoms with E-state index in [4.69, 9.17) is 5.11 Å². The van der Waals surface area contributed by atoms with Crippen LogP contribution in [0.3, 0.4) is 0 Å². The van der Waals surface area contributed by atoms with Gasteiger partial charge in [-0.25, -0.2) is 0 Å². The first kappa shape index (κ1) is 19.1. The smallest absolute Gasteiger partial charge is 0.303 e. The minimum atomic E-state index is -0.723. The van der Waals surface area contributed by atoms with Gasteiger partial charge in [-0.05, 0) is 76.1 Å². The van der Waals surface area contributed by atoms with Crippen LogP contribution >= 0.6 is 0 Å². The lowest BCUT2D eigenvalue weighted by atomic mass is 9.51. The molecule has 1 fully saturated rings. The Morgan fingerprint density at radius 1 is 0.867 bits per heavy atom. The first-order valence-electron chi connectivity index (χ1n) is 10.9. The number of fused-ring (bicyclic) bond motifs is 5. The Kier molecular flexibility index (Phi) is 4.36. The molecule has 3 aromatic carbocycles. The van der Waals surface area contributed by atoms with Crippen LogP contribution in [-0.2, 0) is 16.6 Å². The summed E-state index contributed by atoms with van der Waals surface area (Å²) in [5.41, 5.74) is 10.1. The van der Waals surface area contributed by atoms with Crippen LogP contribution in [0.5, 0.6) is 0 Å². The average Bonchev–Trinajstić information content (AvgIpc) is 2.98. The zero-order chi connectivity index (χ0) is 20.9. The van der Waals surface area contributed by atoms with Crippen LogP contribution in [0.2, 0.25) is 0 Å². The van der Waals surface area contributed by atoms with E-state index >= 15 is 0 Å². The van der Waals surface area contributed by atoms with E-state index in [-0.39, 0.29) is 11.8 Å². The Labute approximate surface area is 178 Å². The number of benzene rings is 3. The van der Waals surface area contributed by atoms with Crippen molar-refractivity contribution >= 4 is 5.97 Å². The van der Waals surface area contributed by atoms with Crippen LogP contribution in [0.4, 0.5) is 0 Å². The number of aryl methyl sites for hydroxylation is 1. The maximum Gasteiger partial charge on any atom is 0.303 e. The Bertz CT molecular complexity index is 1110. The van der Waals surface area contributed by atoms with Gasteiger partial charge in [0.1, 0.15) is 0 Å². The topological polar surface area (TPSA) is 37.3 Å². The van der Waals surface area contributed by atoms with Crippen molar-refractivity contribution in [2.75, 3.05) is 0 Å². The maximum atomic E-state index is 10.7. The number of aliphatic carboxylic acids is 1. The number of rotatable bonds is 5. The van der Waals surface area contributed by atoms with E-state index in [2.05, 4.69) is 80.6 Å². The van der Waals surface area contributed by atoms with Crippen molar-refractivity contribution < 1.29 is 9.90 Å². The number of carboxylic acid groups (broad SMARTS) is 1. The summed E-state index contributed by atoms with van der Waals surface area (Å²) in [5.74, 6) is -0.723. The second-order valence-corrected chi connectivity index (χ2v) is 9.85. The van der Waals surface area contributed by atoms with E-state index in [0.717, 1.165) is 6.42 Å². The maximum absolute atomic E-state index is 10.7. The van der Waals surface area contributed by atoms with Crippen molar-refractivity contribution in [2.24, 2.45) is 5.41 Å². The van der Waals surface area contributed by atoms with Crippen LogP contribution in [-0.4, -0.2) is 11.1 Å². The highest BCUT2D eigenvalue weighted by Crippen LogP contribution is 2.65. The fourth-order valence-electron chi connectivity index (χ4n) is 5.91. The zero-order valence-corrected chi connectivity index (χ0v) is 17.7. The van der Waals surface area contributed by atoms with E-state index in [1.165, 1.54) is 51.8 Å². The second-order valence-electron chi connectivity index (χ2n) is 9.85. The molecule has 1 N–H and O–H groups in total. The molecule has 0 aromatic heterocycles. The monoisotopic (exact) mass is 396 g/mol. The predicted molar refractivity (Wildman–Crippen MR) is 122 cm³/mol. The van der Waals surface area contributed by atoms with Gasteiger partial charge in [-0.2, -0.15) is 0 Å². The standard InChI is InChI=1S/C28H28O2/c1-27(2)17-28(18-27)24-8-4-3-7-22(24)23-15-14-21(16-25(23)28)20-12-10-19(11-13-20)6-5-9-26(29)30/h3-4,7-8,10-16H,5-6,9,17-18H2,1-2H3,(H,29,30). The largest absolute Gasteiger partial charge is 0.481 e. The van der Waals surface area contributed by atoms with Crippen molar-refractivity contribution in [3.63, 3.8) is 0 Å². The van der Waals surface area contributed by atoms with E-state index in [1.54, 1.807) is 0 Å². The van der Waals surface area contributed by atoms with Crippen molar-refractivity contribution in [1.82, 2.24) is 0 Å². The Morgan fingerprint density at radius 2 is 1.53 bits per heavy atom. The van der Waals surface area contributed by atoms with Gasteiger partial charge in [0.15, 0.2) is 0 Å². The lowest BCUT2D eigenvalue weighted by molar-refractivity contribution is -0.137. The molecule has 3 aromatic rings. The van der Waals surface area contributed by atoms with Gasteiger partial charge in [0.05, 0.1) is 0 Å². The minimum absolute atomic E-state index is 0.169. The quantitative estimate of drug-likeness (QED) is 0.512. The summed E-state index contributed by atoms with van der Waals surface area (Å²) in [5, 5.41) is 8.83. The lowest BCUT2D eigenvalue weighted by Gasteiger charge is -2.53. The second kappa shape index (κ2) is 6.84. The van der Waals surface area contributed by atoms with Gasteiger partial charge in [0, 0.05) is 11.8 Å². The molecule has 2 nitrogen and oxygen atoms in total. The van der Waals surface area contributed by atoms with E-state index in [0.29, 0.717) is 11.8 Å². The third-order valence-corrected chi connectivity index (χ3v) is 6.97. The van der Waals surface area contributed by atoms with Crippen molar-refractivity contribution in [1.29, 1.82) is 0 Å². The Morgan fingerprint density at radius 3 is 2.23 bits per heavy atom. The van der Waals surface area contributed by atoms with Gasteiger partial charge < -0.3 is 5.11 Å². The molecule has 0 aliphatic heterocycles. The normalized spacial score (nSPS) is 17.3. The summed E-state index contributed by atoms with van der Waals surface area (Å²) in [4.78, 5) is 10.7. The number of hydrogen-bond acceptors (Lipinski definition) is 1. The molecule has 0 heterocycles. The molecular weight excluding hydrogens is 368 g/mol. The van der Waals surface area contributed by atoms with Gasteiger partial charge >= 0.3 is 5.97 Å². The highest BCUT2D eigenvalue weighted by atomic mass is 16.4. The van der Waals surface area contributed by atoms with Gasteiger partial charge in [0.25, 0.3) is 0 Å². The van der Waals surface area contributed by atoms with Crippen LogP contribution in [0.1, 0.15) is 56.2 Å². The fraction of sp³-hybridized carbons (Fsp3) is 0.321. The SMILES string of the molecule is CC1(C)CC2(C1)c1ccccc1-c1ccc(-c3ccc(CCCC(=O)O)cc3)cc12. The predicted octanol–water partition coefficient (Wildman–Crippen LogP) is 6.85. The van der Waals surface area contributed by atoms with E-state index in [1.807, 2.05) is 0 Å². The number of carboxylic acids is 1. The molecule has 2 heteroatoms. The molecule has 0 radical (unpaired) electrons. The molecule has 1 saturated carbocycles. The molecular formula is C28H28O2. The first-order valence-corrected chi connectivity index (χ1v) is 10.9. The Balaban J connectivity index is 1.47. The third-order valence-electron chi connectivity index (χ3n) is 6.97. The zero-order valence-electron chi connectivity index (χ0n) is 17.7. The van der Waals surface area contributed by atoms with Crippen LogP contribution in [0.25, 0.3) is 22.3 Å². The molecule has 0 saturated heterocycles. The number of carbonyl (C=O) groups is 1. The van der Waals surface area contributed by atoms with Crippen molar-refractivity contribution in [3.05, 3.63) is 83.4 Å². The van der Waals surface area contributed by atoms with Gasteiger partial charge in [-0.1, -0.05) is 74.5 Å². The van der Waals surface area contributed by atoms with E-state index in [9.17, 15) is 4.79 Å². The highest BCUT2D eigenvalue weighted by Gasteiger charge is 2.55. The van der Waals surface area contributed by atoms with Gasteiger partial charge in [0.2, 0.25) is 0 Å². The first-order chi connectivity index (χ1) is 14.4. The summed E-state index contributed by atoms with van der Waals surface area (Å²) in [6, 6.07) is 24.6. The Hall–Kier alpha value is -2.87. The molecule has 1 spiro atoms. The molecule has 2 aliphatic carbocycles. The highest BCUT2D eigenvalue weighted by molar-refractivity contribution is 5.84. The molecule has 0 amide bonds. The van der Waals surface area contributed by atoms with Crippen LogP contribution in [0, 0.1) is 5.41 Å². The molecule has 0 unspecified atom stereocenters. The van der Waals surface area contributed by atoms with Gasteiger partial charge in [-0.3, -0.25) is 4.79 Å². The molecule has 5 rings (SSSR count). The summed E-state index contributed by atoms with van der Waals surface area (Å²) in [6.45, 7) is 4.76. The third kappa shape index (κ3) is 3.06.